The number of para-hydroxylation sites is 4. The van der Waals surface area contributed by atoms with E-state index >= 15 is 0 Å². The first-order chi connectivity index (χ1) is 8.90. The van der Waals surface area contributed by atoms with Gasteiger partial charge in [-0.15, -0.1) is 0 Å². The third-order valence-electron chi connectivity index (χ3n) is 2.87. The van der Waals surface area contributed by atoms with E-state index in [1.807, 2.05) is 48.5 Å². The van der Waals surface area contributed by atoms with Gasteiger partial charge in [0.2, 0.25) is 0 Å². The van der Waals surface area contributed by atoms with Gasteiger partial charge < -0.3 is 0 Å². The molecule has 84 valence electrons. The molecule has 0 unspecified atom stereocenters. The Hall–Kier alpha value is -2.62. The van der Waals surface area contributed by atoms with Gasteiger partial charge in [0.05, 0.1) is 22.1 Å². The number of benzene rings is 2. The zero-order valence-corrected chi connectivity index (χ0v) is 9.41. The van der Waals surface area contributed by atoms with Gasteiger partial charge in [-0.1, -0.05) is 24.3 Å². The fourth-order valence-corrected chi connectivity index (χ4v) is 2.01. The molecule has 2 aromatic carbocycles. The Labute approximate surface area is 102 Å². The first kappa shape index (κ1) is 9.41. The highest BCUT2D eigenvalue weighted by Crippen LogP contribution is 2.16. The van der Waals surface area contributed by atoms with Crippen molar-refractivity contribution in [3.8, 4) is 0 Å². The van der Waals surface area contributed by atoms with Crippen molar-refractivity contribution >= 4 is 33.4 Å². The summed E-state index contributed by atoms with van der Waals surface area (Å²) in [7, 11) is 0. The molecule has 0 spiro atoms. The average Bonchev–Trinajstić information content (AvgIpc) is 2.42. The predicted octanol–water partition coefficient (Wildman–Crippen LogP) is 2.73. The number of hydrogen-bond acceptors (Lipinski definition) is 4. The Balaban J connectivity index is 2.20. The second kappa shape index (κ2) is 3.43. The van der Waals surface area contributed by atoms with E-state index in [1.165, 1.54) is 0 Å². The van der Waals surface area contributed by atoms with Crippen LogP contribution in [0.3, 0.4) is 0 Å². The summed E-state index contributed by atoms with van der Waals surface area (Å²) in [5, 5.41) is 0. The maximum absolute atomic E-state index is 4.49. The van der Waals surface area contributed by atoms with Crippen LogP contribution in [0.1, 0.15) is 0 Å². The molecule has 0 radical (unpaired) electrons. The van der Waals surface area contributed by atoms with Gasteiger partial charge in [-0.05, 0) is 24.3 Å². The molecular formula is C14H8N4. The summed E-state index contributed by atoms with van der Waals surface area (Å²) in [6, 6.07) is 15.5. The van der Waals surface area contributed by atoms with Crippen molar-refractivity contribution in [2.75, 3.05) is 0 Å². The van der Waals surface area contributed by atoms with E-state index in [4.69, 9.17) is 0 Å². The third kappa shape index (κ3) is 1.32. The molecule has 2 aromatic heterocycles. The first-order valence-corrected chi connectivity index (χ1v) is 5.69. The second-order valence-corrected chi connectivity index (χ2v) is 4.07. The third-order valence-corrected chi connectivity index (χ3v) is 2.87. The summed E-state index contributed by atoms with van der Waals surface area (Å²) in [6.45, 7) is 0. The van der Waals surface area contributed by atoms with Crippen molar-refractivity contribution < 1.29 is 0 Å². The lowest BCUT2D eigenvalue weighted by atomic mass is 10.3. The van der Waals surface area contributed by atoms with E-state index in [-0.39, 0.29) is 0 Å². The highest BCUT2D eigenvalue weighted by Gasteiger charge is 2.05. The fourth-order valence-electron chi connectivity index (χ4n) is 2.01. The molecule has 0 aliphatic heterocycles. The Morgan fingerprint density at radius 1 is 0.444 bits per heavy atom. The minimum absolute atomic E-state index is 0.590. The maximum atomic E-state index is 4.49. The number of rotatable bonds is 0. The maximum Gasteiger partial charge on any atom is 0.199 e. The molecule has 0 saturated heterocycles. The second-order valence-electron chi connectivity index (χ2n) is 4.07. The molecule has 0 aliphatic rings. The van der Waals surface area contributed by atoms with Crippen LogP contribution in [-0.2, 0) is 0 Å². The zero-order valence-electron chi connectivity index (χ0n) is 9.41. The quantitative estimate of drug-likeness (QED) is 0.437. The van der Waals surface area contributed by atoms with Gasteiger partial charge in [-0.3, -0.25) is 0 Å². The largest absolute Gasteiger partial charge is 0.224 e. The Kier molecular flexibility index (Phi) is 1.80. The molecule has 2 heterocycles. The van der Waals surface area contributed by atoms with E-state index in [9.17, 15) is 0 Å². The van der Waals surface area contributed by atoms with Crippen molar-refractivity contribution in [3.05, 3.63) is 48.5 Å². The minimum atomic E-state index is 0.590. The monoisotopic (exact) mass is 232 g/mol. The topological polar surface area (TPSA) is 51.6 Å². The van der Waals surface area contributed by atoms with Gasteiger partial charge >= 0.3 is 0 Å². The molecule has 18 heavy (non-hydrogen) atoms. The van der Waals surface area contributed by atoms with E-state index in [0.29, 0.717) is 11.3 Å². The van der Waals surface area contributed by atoms with Crippen molar-refractivity contribution in [1.82, 2.24) is 19.9 Å². The summed E-state index contributed by atoms with van der Waals surface area (Å²) in [6.07, 6.45) is 0. The molecule has 0 saturated carbocycles. The van der Waals surface area contributed by atoms with Gasteiger partial charge in [0, 0.05) is 0 Å². The molecular weight excluding hydrogens is 224 g/mol. The number of nitrogens with zero attached hydrogens (tertiary/aromatic N) is 4. The van der Waals surface area contributed by atoms with E-state index in [0.717, 1.165) is 22.1 Å². The van der Waals surface area contributed by atoms with E-state index in [2.05, 4.69) is 19.9 Å². The smallest absolute Gasteiger partial charge is 0.199 e. The lowest BCUT2D eigenvalue weighted by Gasteiger charge is -2.01. The SMILES string of the molecule is c1ccc2nc3nc4ccccc4nc3nc2c1. The number of fused-ring (bicyclic) bond motifs is 3. The molecule has 4 heteroatoms. The van der Waals surface area contributed by atoms with Gasteiger partial charge in [0.15, 0.2) is 11.3 Å². The summed E-state index contributed by atoms with van der Waals surface area (Å²) in [5.74, 6) is 0. The summed E-state index contributed by atoms with van der Waals surface area (Å²) < 4.78 is 0. The van der Waals surface area contributed by atoms with Crippen LogP contribution in [0.15, 0.2) is 48.5 Å². The molecule has 4 nitrogen and oxygen atoms in total. The fraction of sp³-hybridized carbons (Fsp3) is 0. The molecule has 4 rings (SSSR count). The summed E-state index contributed by atoms with van der Waals surface area (Å²) >= 11 is 0. The highest BCUT2D eigenvalue weighted by molar-refractivity contribution is 5.87. The standard InChI is InChI=1S/C14H8N4/c1-2-6-10-9(5-1)15-13-14(16-10)18-12-8-4-3-7-11(12)17-13/h1-8H. The van der Waals surface area contributed by atoms with E-state index in [1.54, 1.807) is 0 Å². The van der Waals surface area contributed by atoms with E-state index < -0.39 is 0 Å². The van der Waals surface area contributed by atoms with Gasteiger partial charge in [0.1, 0.15) is 0 Å². The van der Waals surface area contributed by atoms with Gasteiger partial charge in [-0.25, -0.2) is 19.9 Å². The summed E-state index contributed by atoms with van der Waals surface area (Å²) in [4.78, 5) is 18.0. The van der Waals surface area contributed by atoms with Crippen LogP contribution in [-0.4, -0.2) is 19.9 Å². The molecule has 0 N–H and O–H groups in total. The molecule has 0 atom stereocenters. The van der Waals surface area contributed by atoms with Crippen LogP contribution in [0, 0.1) is 0 Å². The molecule has 4 aromatic rings. The van der Waals surface area contributed by atoms with Crippen LogP contribution in [0.2, 0.25) is 0 Å². The zero-order chi connectivity index (χ0) is 11.9. The van der Waals surface area contributed by atoms with Crippen molar-refractivity contribution in [2.24, 2.45) is 0 Å². The number of hydrogen-bond donors (Lipinski definition) is 0. The minimum Gasteiger partial charge on any atom is -0.224 e. The summed E-state index contributed by atoms with van der Waals surface area (Å²) in [5.41, 5.74) is 4.55. The molecule has 0 bridgehead atoms. The van der Waals surface area contributed by atoms with Crippen molar-refractivity contribution in [2.45, 2.75) is 0 Å². The Bertz CT molecular complexity index is 742. The van der Waals surface area contributed by atoms with Crippen LogP contribution >= 0.6 is 0 Å². The van der Waals surface area contributed by atoms with Crippen LogP contribution < -0.4 is 0 Å². The van der Waals surface area contributed by atoms with Gasteiger partial charge in [0.25, 0.3) is 0 Å². The predicted molar refractivity (Wildman–Crippen MR) is 70.1 cm³/mol. The molecule has 0 fully saturated rings. The average molecular weight is 232 g/mol. The van der Waals surface area contributed by atoms with Gasteiger partial charge in [-0.2, -0.15) is 0 Å². The molecule has 0 aliphatic carbocycles. The number of aromatic nitrogens is 4. The van der Waals surface area contributed by atoms with Crippen LogP contribution in [0.4, 0.5) is 0 Å². The Morgan fingerprint density at radius 3 is 1.00 bits per heavy atom. The molecule has 0 amide bonds. The van der Waals surface area contributed by atoms with Crippen molar-refractivity contribution in [1.29, 1.82) is 0 Å². The first-order valence-electron chi connectivity index (χ1n) is 5.69. The van der Waals surface area contributed by atoms with Crippen molar-refractivity contribution in [3.63, 3.8) is 0 Å². The Morgan fingerprint density at radius 2 is 0.722 bits per heavy atom. The lowest BCUT2D eigenvalue weighted by Crippen LogP contribution is -1.94. The normalized spacial score (nSPS) is 11.3. The lowest BCUT2D eigenvalue weighted by molar-refractivity contribution is 1.26. The van der Waals surface area contributed by atoms with Crippen LogP contribution in [0.5, 0.6) is 0 Å². The highest BCUT2D eigenvalue weighted by atomic mass is 15.0. The van der Waals surface area contributed by atoms with Crippen LogP contribution in [0.25, 0.3) is 33.4 Å².